The van der Waals surface area contributed by atoms with Crippen molar-refractivity contribution < 1.29 is 22.7 Å². The minimum absolute atomic E-state index is 0.0317. The van der Waals surface area contributed by atoms with Crippen molar-refractivity contribution in [1.82, 2.24) is 10.2 Å². The summed E-state index contributed by atoms with van der Waals surface area (Å²) in [6.45, 7) is 3.84. The molecule has 0 fully saturated rings. The fraction of sp³-hybridized carbons (Fsp3) is 0.257. The highest BCUT2D eigenvalue weighted by atomic mass is 35.5. The summed E-state index contributed by atoms with van der Waals surface area (Å²) < 4.78 is 34.5. The first-order chi connectivity index (χ1) is 22.0. The van der Waals surface area contributed by atoms with Crippen molar-refractivity contribution >= 4 is 50.7 Å². The lowest BCUT2D eigenvalue weighted by Gasteiger charge is -2.34. The van der Waals surface area contributed by atoms with Gasteiger partial charge in [-0.3, -0.25) is 13.9 Å². The van der Waals surface area contributed by atoms with E-state index >= 15 is 0 Å². The van der Waals surface area contributed by atoms with Crippen molar-refractivity contribution in [2.45, 2.75) is 37.8 Å². The Kier molecular flexibility index (Phi) is 12.1. The standard InChI is InChI=1S/C35H37Cl2N3O5S/c1-25(2)22-38-35(42)33(21-26-7-5-4-6-8-26)39(23-27-9-11-28(36)12-10-27)34(41)24-40(30-15-13-29(37)14-16-30)46(43,44)32-19-17-31(45-3)18-20-32/h4-20,25,33H,21-24H2,1-3H3,(H,38,42)/t33-/m1/s1. The van der Waals surface area contributed by atoms with Gasteiger partial charge in [0.25, 0.3) is 10.0 Å². The molecule has 0 saturated heterocycles. The Morgan fingerprint density at radius 3 is 1.96 bits per heavy atom. The van der Waals surface area contributed by atoms with Gasteiger partial charge in [-0.1, -0.05) is 79.5 Å². The van der Waals surface area contributed by atoms with Gasteiger partial charge in [-0.25, -0.2) is 8.42 Å². The lowest BCUT2D eigenvalue weighted by Crippen LogP contribution is -2.53. The van der Waals surface area contributed by atoms with Crippen LogP contribution in [-0.2, 0) is 32.6 Å². The summed E-state index contributed by atoms with van der Waals surface area (Å²) in [4.78, 5) is 29.7. The van der Waals surface area contributed by atoms with Crippen LogP contribution >= 0.6 is 23.2 Å². The van der Waals surface area contributed by atoms with Crippen molar-refractivity contribution in [2.24, 2.45) is 5.92 Å². The monoisotopic (exact) mass is 681 g/mol. The molecule has 0 unspecified atom stereocenters. The van der Waals surface area contributed by atoms with Crippen molar-refractivity contribution in [2.75, 3.05) is 24.5 Å². The van der Waals surface area contributed by atoms with Gasteiger partial charge in [-0.05, 0) is 77.7 Å². The number of methoxy groups -OCH3 is 1. The predicted octanol–water partition coefficient (Wildman–Crippen LogP) is 6.61. The number of ether oxygens (including phenoxy) is 1. The highest BCUT2D eigenvalue weighted by Gasteiger charge is 2.34. The Balaban J connectivity index is 1.79. The van der Waals surface area contributed by atoms with Gasteiger partial charge >= 0.3 is 0 Å². The molecule has 0 aromatic heterocycles. The molecule has 0 saturated carbocycles. The molecule has 2 amide bonds. The molecule has 0 aliphatic carbocycles. The molecule has 4 aromatic carbocycles. The summed E-state index contributed by atoms with van der Waals surface area (Å²) in [6, 6.07) is 27.5. The molecule has 0 bridgehead atoms. The Morgan fingerprint density at radius 1 is 0.804 bits per heavy atom. The van der Waals surface area contributed by atoms with Gasteiger partial charge in [-0.2, -0.15) is 0 Å². The number of anilines is 1. The predicted molar refractivity (Wildman–Crippen MR) is 183 cm³/mol. The summed E-state index contributed by atoms with van der Waals surface area (Å²) >= 11 is 12.3. The highest BCUT2D eigenvalue weighted by Crippen LogP contribution is 2.27. The zero-order valence-electron chi connectivity index (χ0n) is 25.9. The molecule has 1 atom stereocenters. The summed E-state index contributed by atoms with van der Waals surface area (Å²) in [6.07, 6.45) is 0.219. The maximum absolute atomic E-state index is 14.5. The van der Waals surface area contributed by atoms with Crippen molar-refractivity contribution in [1.29, 1.82) is 0 Å². The van der Waals surface area contributed by atoms with Crippen molar-refractivity contribution in [3.05, 3.63) is 124 Å². The van der Waals surface area contributed by atoms with Crippen LogP contribution in [0.2, 0.25) is 10.0 Å². The number of halogens is 2. The molecule has 4 rings (SSSR count). The molecule has 11 heteroatoms. The van der Waals surface area contributed by atoms with Gasteiger partial charge in [0.05, 0.1) is 17.7 Å². The number of carbonyl (C=O) groups is 2. The molecule has 1 N–H and O–H groups in total. The SMILES string of the molecule is COc1ccc(S(=O)(=O)N(CC(=O)N(Cc2ccc(Cl)cc2)[C@H](Cc2ccccc2)C(=O)NCC(C)C)c2ccc(Cl)cc2)cc1. The largest absolute Gasteiger partial charge is 0.497 e. The second-order valence-corrected chi connectivity index (χ2v) is 13.9. The van der Waals surface area contributed by atoms with Crippen LogP contribution in [0, 0.1) is 5.92 Å². The van der Waals surface area contributed by atoms with Crippen LogP contribution < -0.4 is 14.4 Å². The van der Waals surface area contributed by atoms with Crippen LogP contribution in [-0.4, -0.2) is 51.4 Å². The van der Waals surface area contributed by atoms with E-state index < -0.39 is 28.5 Å². The van der Waals surface area contributed by atoms with Crippen LogP contribution in [0.15, 0.2) is 108 Å². The number of sulfonamides is 1. The zero-order chi connectivity index (χ0) is 33.3. The van der Waals surface area contributed by atoms with Crippen LogP contribution in [0.25, 0.3) is 0 Å². The second-order valence-electron chi connectivity index (χ2n) is 11.2. The summed E-state index contributed by atoms with van der Waals surface area (Å²) in [7, 11) is -2.77. The molecule has 0 radical (unpaired) electrons. The molecule has 8 nitrogen and oxygen atoms in total. The molecule has 242 valence electrons. The number of amides is 2. The van der Waals surface area contributed by atoms with Gasteiger partial charge in [0.2, 0.25) is 11.8 Å². The normalized spacial score (nSPS) is 12.0. The molecule has 0 heterocycles. The zero-order valence-corrected chi connectivity index (χ0v) is 28.2. The van der Waals surface area contributed by atoms with E-state index in [0.717, 1.165) is 15.4 Å². The molecule has 46 heavy (non-hydrogen) atoms. The smallest absolute Gasteiger partial charge is 0.264 e. The molecule has 0 spiro atoms. The number of nitrogens with one attached hydrogen (secondary N) is 1. The second kappa shape index (κ2) is 16.0. The maximum Gasteiger partial charge on any atom is 0.264 e. The third-order valence-corrected chi connectivity index (χ3v) is 9.55. The van der Waals surface area contributed by atoms with Gasteiger partial charge < -0.3 is 15.0 Å². The Bertz CT molecular complexity index is 1700. The Labute approximate surface area is 280 Å². The van der Waals surface area contributed by atoms with E-state index in [4.69, 9.17) is 27.9 Å². The molecular formula is C35H37Cl2N3O5S. The summed E-state index contributed by atoms with van der Waals surface area (Å²) in [5, 5.41) is 3.91. The number of rotatable bonds is 14. The van der Waals surface area contributed by atoms with Crippen LogP contribution in [0.3, 0.4) is 0 Å². The first kappa shape index (κ1) is 34.8. The van der Waals surface area contributed by atoms with E-state index in [1.807, 2.05) is 44.2 Å². The van der Waals surface area contributed by atoms with E-state index in [2.05, 4.69) is 5.32 Å². The van der Waals surface area contributed by atoms with Gasteiger partial charge in [0, 0.05) is 29.6 Å². The lowest BCUT2D eigenvalue weighted by atomic mass is 10.0. The fourth-order valence-corrected chi connectivity index (χ4v) is 6.44. The van der Waals surface area contributed by atoms with Crippen LogP contribution in [0.1, 0.15) is 25.0 Å². The Hall–Kier alpha value is -4.05. The van der Waals surface area contributed by atoms with Crippen molar-refractivity contribution in [3.8, 4) is 5.75 Å². The molecule has 4 aromatic rings. The third-order valence-electron chi connectivity index (χ3n) is 7.26. The van der Waals surface area contributed by atoms with Gasteiger partial charge in [0.1, 0.15) is 18.3 Å². The number of hydrogen-bond acceptors (Lipinski definition) is 5. The van der Waals surface area contributed by atoms with Crippen LogP contribution in [0.4, 0.5) is 5.69 Å². The first-order valence-corrected chi connectivity index (χ1v) is 17.0. The topological polar surface area (TPSA) is 96.0 Å². The molecule has 0 aliphatic rings. The van der Waals surface area contributed by atoms with Gasteiger partial charge in [0.15, 0.2) is 0 Å². The Morgan fingerprint density at radius 2 is 1.39 bits per heavy atom. The number of carbonyl (C=O) groups excluding carboxylic acids is 2. The van der Waals surface area contributed by atoms with E-state index in [0.29, 0.717) is 22.3 Å². The average Bonchev–Trinajstić information content (AvgIpc) is 3.05. The lowest BCUT2D eigenvalue weighted by molar-refractivity contribution is -0.140. The minimum atomic E-state index is -4.26. The molecule has 0 aliphatic heterocycles. The third kappa shape index (κ3) is 9.25. The van der Waals surface area contributed by atoms with Crippen LogP contribution in [0.5, 0.6) is 5.75 Å². The van der Waals surface area contributed by atoms with Crippen molar-refractivity contribution in [3.63, 3.8) is 0 Å². The number of nitrogens with zero attached hydrogens (tertiary/aromatic N) is 2. The summed E-state index contributed by atoms with van der Waals surface area (Å²) in [5.74, 6) is -0.242. The van der Waals surface area contributed by atoms with E-state index in [-0.39, 0.29) is 35.4 Å². The number of hydrogen-bond donors (Lipinski definition) is 1. The fourth-order valence-electron chi connectivity index (χ4n) is 4.77. The minimum Gasteiger partial charge on any atom is -0.497 e. The average molecular weight is 683 g/mol. The van der Waals surface area contributed by atoms with E-state index in [1.54, 1.807) is 36.4 Å². The first-order valence-electron chi connectivity index (χ1n) is 14.8. The quantitative estimate of drug-likeness (QED) is 0.162. The summed E-state index contributed by atoms with van der Waals surface area (Å²) in [5.41, 5.74) is 1.81. The van der Waals surface area contributed by atoms with Gasteiger partial charge in [-0.15, -0.1) is 0 Å². The number of benzene rings is 4. The highest BCUT2D eigenvalue weighted by molar-refractivity contribution is 7.92. The van der Waals surface area contributed by atoms with E-state index in [9.17, 15) is 18.0 Å². The molecular weight excluding hydrogens is 645 g/mol. The maximum atomic E-state index is 14.5. The van der Waals surface area contributed by atoms with E-state index in [1.165, 1.54) is 48.4 Å².